The molecular weight excluding hydrogens is 1290 g/mol. The Morgan fingerprint density at radius 2 is 1.03 bits per heavy atom. The summed E-state index contributed by atoms with van der Waals surface area (Å²) in [5, 5.41) is 10.2. The monoisotopic (exact) mass is 1340 g/mol. The van der Waals surface area contributed by atoms with Crippen LogP contribution in [0.15, 0.2) is 125 Å². The van der Waals surface area contributed by atoms with Gasteiger partial charge in [-0.15, -0.1) is 0 Å². The van der Waals surface area contributed by atoms with Gasteiger partial charge in [0.25, 0.3) is 20.0 Å². The average Bonchev–Trinajstić information content (AvgIpc) is 0.734. The van der Waals surface area contributed by atoms with E-state index >= 15 is 21.6 Å². The lowest BCUT2D eigenvalue weighted by atomic mass is 9.88. The van der Waals surface area contributed by atoms with E-state index in [1.54, 1.807) is 4.90 Å². The van der Waals surface area contributed by atoms with Gasteiger partial charge in [-0.2, -0.15) is 52.7 Å². The standard InChI is InChI=1S/C60H51Cl2F12N7O7S2/c1-56(2,55(83)84)79-29-38-31-81(89(85,86)39-7-3-6-36(26-39)57(63,64)65)52-25-35(13-18-42-45(59(69,70)71)9-5-11-48(42)62)15-21-50(52)78(38)32-53(79)43-19-16-40(27-46(43)60(72,73)74)90(87,88)80-30-37-28-76(33-54(75)82)22-23-77(37)49-20-14-34(24-51(49)80)12-17-41-44(58(66,67)68)8-4-10-47(41)61/h3-21,24-27,37-38,53H,22-23,28-33H2,1-2H3,(H2,75,82)(H,83,84)/b17-12+,18-13+/t37-,38-,53?/m0/s1. The molecule has 3 atom stereocenters. The number of aliphatic carboxylic acids is 1. The van der Waals surface area contributed by atoms with E-state index in [4.69, 9.17) is 28.9 Å². The smallest absolute Gasteiger partial charge is 0.417 e. The molecule has 0 radical (unpaired) electrons. The summed E-state index contributed by atoms with van der Waals surface area (Å²) in [7, 11) is -10.2. The first-order valence-corrected chi connectivity index (χ1v) is 30.8. The molecule has 478 valence electrons. The Labute approximate surface area is 517 Å². The lowest BCUT2D eigenvalue weighted by Gasteiger charge is -2.55. The van der Waals surface area contributed by atoms with E-state index in [1.165, 1.54) is 73.4 Å². The van der Waals surface area contributed by atoms with E-state index in [-0.39, 0.29) is 70.1 Å². The van der Waals surface area contributed by atoms with Crippen LogP contribution in [-0.4, -0.2) is 114 Å². The minimum Gasteiger partial charge on any atom is -0.480 e. The SMILES string of the molecule is CC(C)(C(=O)O)N1C[C@H]2CN(S(=O)(=O)c3cccc(C(F)(F)F)c3)c3cc(/C=C/c4c(Cl)cccc4C(F)(F)F)ccc3N2CC1c1ccc(S(=O)(=O)N2C[C@@H]3CN(CC(N)=O)CCN3c3ccc(/C=C/c4c(Cl)cccc4C(F)(F)F)cc32)cc1C(F)(F)F. The van der Waals surface area contributed by atoms with Crippen molar-refractivity contribution in [2.75, 3.05) is 70.8 Å². The molecule has 0 bridgehead atoms. The van der Waals surface area contributed by atoms with Gasteiger partial charge >= 0.3 is 30.7 Å². The summed E-state index contributed by atoms with van der Waals surface area (Å²) in [5.41, 5.74) is -3.30. The van der Waals surface area contributed by atoms with Crippen molar-refractivity contribution in [2.45, 2.75) is 72.0 Å². The number of piperazine rings is 2. The van der Waals surface area contributed by atoms with Gasteiger partial charge in [0, 0.05) is 53.9 Å². The molecule has 2 saturated heterocycles. The number of nitrogens with two attached hydrogens (primary N) is 1. The van der Waals surface area contributed by atoms with Crippen molar-refractivity contribution in [2.24, 2.45) is 5.73 Å². The highest BCUT2D eigenvalue weighted by Crippen LogP contribution is 2.49. The first-order chi connectivity index (χ1) is 41.9. The number of anilines is 4. The molecule has 90 heavy (non-hydrogen) atoms. The van der Waals surface area contributed by atoms with Crippen molar-refractivity contribution in [3.8, 4) is 0 Å². The summed E-state index contributed by atoms with van der Waals surface area (Å²) in [4.78, 5) is 29.7. The Bertz CT molecular complexity index is 4150. The van der Waals surface area contributed by atoms with E-state index in [9.17, 15) is 62.6 Å². The number of amides is 1. The molecule has 14 nitrogen and oxygen atoms in total. The summed E-state index contributed by atoms with van der Waals surface area (Å²) >= 11 is 12.4. The molecule has 4 aliphatic rings. The number of sulfonamides is 2. The number of benzene rings is 6. The number of halogens is 14. The van der Waals surface area contributed by atoms with Crippen LogP contribution in [0, 0.1) is 0 Å². The van der Waals surface area contributed by atoms with E-state index in [0.29, 0.717) is 18.2 Å². The molecule has 0 saturated carbocycles. The first kappa shape index (κ1) is 65.5. The minimum atomic E-state index is -5.41. The zero-order valence-electron chi connectivity index (χ0n) is 46.9. The third-order valence-corrected chi connectivity index (χ3v) is 20.5. The number of carbonyl (C=O) groups is 2. The summed E-state index contributed by atoms with van der Waals surface area (Å²) < 4.78 is 237. The van der Waals surface area contributed by atoms with Gasteiger partial charge in [0.1, 0.15) is 5.54 Å². The fraction of sp³-hybridized carbons (Fsp3) is 0.300. The predicted octanol–water partition coefficient (Wildman–Crippen LogP) is 12.9. The zero-order chi connectivity index (χ0) is 65.6. The zero-order valence-corrected chi connectivity index (χ0v) is 50.1. The first-order valence-electron chi connectivity index (χ1n) is 27.2. The van der Waals surface area contributed by atoms with Gasteiger partial charge in [-0.1, -0.05) is 83.9 Å². The number of fused-ring (bicyclic) bond motifs is 6. The maximum absolute atomic E-state index is 16.1. The van der Waals surface area contributed by atoms with E-state index < -0.39 is 155 Å². The van der Waals surface area contributed by atoms with Crippen LogP contribution in [0.5, 0.6) is 0 Å². The predicted molar refractivity (Wildman–Crippen MR) is 315 cm³/mol. The number of primary amides is 1. The van der Waals surface area contributed by atoms with Gasteiger partial charge in [0.05, 0.1) is 92.6 Å². The molecule has 1 amide bonds. The van der Waals surface area contributed by atoms with Gasteiger partial charge in [-0.3, -0.25) is 28.0 Å². The summed E-state index contributed by atoms with van der Waals surface area (Å²) in [6, 6.07) is 15.6. The maximum atomic E-state index is 16.1. The van der Waals surface area contributed by atoms with Gasteiger partial charge < -0.3 is 20.6 Å². The van der Waals surface area contributed by atoms with Crippen LogP contribution >= 0.6 is 23.2 Å². The highest BCUT2D eigenvalue weighted by molar-refractivity contribution is 7.93. The van der Waals surface area contributed by atoms with Crippen LogP contribution in [0.25, 0.3) is 24.3 Å². The average molecular weight is 1350 g/mol. The lowest BCUT2D eigenvalue weighted by molar-refractivity contribution is -0.152. The number of hydrogen-bond acceptors (Lipinski definition) is 10. The van der Waals surface area contributed by atoms with Gasteiger partial charge in [0.2, 0.25) is 5.91 Å². The van der Waals surface area contributed by atoms with Crippen molar-refractivity contribution >= 4 is 102 Å². The number of nitrogens with zero attached hydrogens (tertiary/aromatic N) is 6. The van der Waals surface area contributed by atoms with Crippen molar-refractivity contribution < 1.29 is 84.2 Å². The largest absolute Gasteiger partial charge is 0.480 e. The number of rotatable bonds is 13. The Balaban J connectivity index is 1.09. The van der Waals surface area contributed by atoms with E-state index in [0.717, 1.165) is 80.3 Å². The Morgan fingerprint density at radius 3 is 1.52 bits per heavy atom. The van der Waals surface area contributed by atoms with Crippen LogP contribution in [0.1, 0.15) is 70.0 Å². The second kappa shape index (κ2) is 23.6. The quantitative estimate of drug-likeness (QED) is 0.0834. The van der Waals surface area contributed by atoms with Crippen molar-refractivity contribution in [3.05, 3.63) is 175 Å². The number of alkyl halides is 12. The van der Waals surface area contributed by atoms with Crippen LogP contribution in [0.4, 0.5) is 75.4 Å². The molecule has 1 unspecified atom stereocenters. The Kier molecular flexibility index (Phi) is 17.2. The molecule has 3 N–H and O–H groups in total. The van der Waals surface area contributed by atoms with Crippen LogP contribution in [0.2, 0.25) is 10.0 Å². The van der Waals surface area contributed by atoms with Gasteiger partial charge in [-0.25, -0.2) is 16.8 Å². The molecule has 0 spiro atoms. The van der Waals surface area contributed by atoms with Crippen LogP contribution < -0.4 is 24.1 Å². The fourth-order valence-corrected chi connectivity index (χ4v) is 15.5. The molecule has 30 heteroatoms. The van der Waals surface area contributed by atoms with E-state index in [2.05, 4.69) is 0 Å². The number of carboxylic acid groups (broad SMARTS) is 1. The fourth-order valence-electron chi connectivity index (χ4n) is 11.9. The molecule has 0 aromatic heterocycles. The third-order valence-electron chi connectivity index (χ3n) is 16.3. The second-order valence-electron chi connectivity index (χ2n) is 22.3. The highest BCUT2D eigenvalue weighted by Gasteiger charge is 2.52. The molecule has 4 aliphatic heterocycles. The van der Waals surface area contributed by atoms with E-state index in [1.807, 2.05) is 4.90 Å². The van der Waals surface area contributed by atoms with Crippen LogP contribution in [-0.2, 0) is 54.3 Å². The highest BCUT2D eigenvalue weighted by atomic mass is 35.5. The number of carbonyl (C=O) groups excluding carboxylic acids is 1. The van der Waals surface area contributed by atoms with Gasteiger partial charge in [-0.05, 0) is 109 Å². The molecule has 0 aliphatic carbocycles. The summed E-state index contributed by atoms with van der Waals surface area (Å²) in [6.07, 6.45) is -15.7. The molecule has 6 aromatic rings. The van der Waals surface area contributed by atoms with Crippen molar-refractivity contribution in [1.29, 1.82) is 0 Å². The van der Waals surface area contributed by atoms with Crippen molar-refractivity contribution in [3.63, 3.8) is 0 Å². The molecule has 4 heterocycles. The normalized spacial score (nSPS) is 19.0. The summed E-state index contributed by atoms with van der Waals surface area (Å²) in [5.74, 6) is -2.26. The lowest BCUT2D eigenvalue weighted by Crippen LogP contribution is -2.66. The third kappa shape index (κ3) is 12.7. The Hall–Kier alpha value is -7.50. The van der Waals surface area contributed by atoms with Gasteiger partial charge in [0.15, 0.2) is 0 Å². The van der Waals surface area contributed by atoms with Crippen LogP contribution in [0.3, 0.4) is 0 Å². The molecular formula is C60H51Cl2F12N7O7S2. The number of hydrogen-bond donors (Lipinski definition) is 2. The van der Waals surface area contributed by atoms with Crippen molar-refractivity contribution in [1.82, 2.24) is 9.80 Å². The second-order valence-corrected chi connectivity index (χ2v) is 26.8. The molecule has 10 rings (SSSR count). The maximum Gasteiger partial charge on any atom is 0.417 e. The molecule has 2 fully saturated rings. The number of carboxylic acids is 1. The Morgan fingerprint density at radius 1 is 0.544 bits per heavy atom. The topological polar surface area (TPSA) is 168 Å². The minimum absolute atomic E-state index is 0.0164. The molecule has 6 aromatic carbocycles. The summed E-state index contributed by atoms with van der Waals surface area (Å²) in [6.45, 7) is 0.349.